The van der Waals surface area contributed by atoms with E-state index in [1.807, 2.05) is 6.07 Å². The summed E-state index contributed by atoms with van der Waals surface area (Å²) in [5.41, 5.74) is 0.574. The zero-order valence-corrected chi connectivity index (χ0v) is 9.52. The molecule has 4 heteroatoms. The van der Waals surface area contributed by atoms with Crippen molar-refractivity contribution in [3.63, 3.8) is 0 Å². The fourth-order valence-corrected chi connectivity index (χ4v) is 1.82. The number of carbonyl (C=O) groups is 2. The summed E-state index contributed by atoms with van der Waals surface area (Å²) in [6.45, 7) is 1.32. The van der Waals surface area contributed by atoms with E-state index in [1.165, 1.54) is 0 Å². The van der Waals surface area contributed by atoms with Crippen molar-refractivity contribution < 1.29 is 14.3 Å². The molecule has 2 rings (SSSR count). The van der Waals surface area contributed by atoms with E-state index in [0.29, 0.717) is 12.1 Å². The number of nitrogens with one attached hydrogen (secondary N) is 1. The van der Waals surface area contributed by atoms with Crippen molar-refractivity contribution in [2.45, 2.75) is 6.42 Å². The lowest BCUT2D eigenvalue weighted by Gasteiger charge is -2.08. The molecule has 0 aliphatic carbocycles. The number of hydrogen-bond acceptors (Lipinski definition) is 4. The van der Waals surface area contributed by atoms with Gasteiger partial charge in [-0.15, -0.1) is 0 Å². The molecule has 0 bridgehead atoms. The second-order valence-corrected chi connectivity index (χ2v) is 4.09. The first-order valence-corrected chi connectivity index (χ1v) is 5.73. The largest absolute Gasteiger partial charge is 0.457 e. The Bertz CT molecular complexity index is 396. The van der Waals surface area contributed by atoms with Gasteiger partial charge in [0.2, 0.25) is 0 Å². The van der Waals surface area contributed by atoms with E-state index in [0.717, 1.165) is 13.0 Å². The Morgan fingerprint density at radius 2 is 2.06 bits per heavy atom. The van der Waals surface area contributed by atoms with Gasteiger partial charge in [0.05, 0.1) is 5.92 Å². The van der Waals surface area contributed by atoms with Crippen LogP contribution in [0.2, 0.25) is 0 Å². The average molecular weight is 233 g/mol. The molecule has 1 aromatic carbocycles. The second-order valence-electron chi connectivity index (χ2n) is 4.09. The summed E-state index contributed by atoms with van der Waals surface area (Å²) in [5, 5.41) is 3.09. The quantitative estimate of drug-likeness (QED) is 0.623. The smallest absolute Gasteiger partial charge is 0.310 e. The number of carbonyl (C=O) groups excluding carboxylic acids is 2. The predicted molar refractivity (Wildman–Crippen MR) is 62.7 cm³/mol. The van der Waals surface area contributed by atoms with E-state index in [-0.39, 0.29) is 24.3 Å². The average Bonchev–Trinajstić information content (AvgIpc) is 2.90. The van der Waals surface area contributed by atoms with Crippen LogP contribution in [0.3, 0.4) is 0 Å². The third-order valence-electron chi connectivity index (χ3n) is 2.83. The molecule has 17 heavy (non-hydrogen) atoms. The summed E-state index contributed by atoms with van der Waals surface area (Å²) in [6, 6.07) is 8.85. The van der Waals surface area contributed by atoms with Crippen molar-refractivity contribution in [3.05, 3.63) is 35.9 Å². The van der Waals surface area contributed by atoms with Gasteiger partial charge < -0.3 is 10.1 Å². The third kappa shape index (κ3) is 3.14. The molecule has 90 valence electrons. The molecule has 1 saturated heterocycles. The highest BCUT2D eigenvalue weighted by Gasteiger charge is 2.24. The van der Waals surface area contributed by atoms with Crippen molar-refractivity contribution in [1.82, 2.24) is 5.32 Å². The Kier molecular flexibility index (Phi) is 3.88. The van der Waals surface area contributed by atoms with E-state index >= 15 is 0 Å². The van der Waals surface area contributed by atoms with E-state index in [2.05, 4.69) is 5.32 Å². The Hall–Kier alpha value is -1.68. The van der Waals surface area contributed by atoms with Crippen molar-refractivity contribution in [2.24, 2.45) is 5.92 Å². The monoisotopic (exact) mass is 233 g/mol. The van der Waals surface area contributed by atoms with Crippen LogP contribution in [0.15, 0.2) is 30.3 Å². The van der Waals surface area contributed by atoms with Crippen LogP contribution < -0.4 is 5.32 Å². The van der Waals surface area contributed by atoms with Crippen molar-refractivity contribution >= 4 is 11.8 Å². The van der Waals surface area contributed by atoms with Crippen molar-refractivity contribution in [1.29, 1.82) is 0 Å². The van der Waals surface area contributed by atoms with Crippen LogP contribution in [-0.2, 0) is 9.53 Å². The van der Waals surface area contributed by atoms with Gasteiger partial charge in [-0.05, 0) is 13.0 Å². The minimum absolute atomic E-state index is 0.0985. The van der Waals surface area contributed by atoms with Gasteiger partial charge in [0, 0.05) is 12.1 Å². The summed E-state index contributed by atoms with van der Waals surface area (Å²) in [7, 11) is 0. The number of ether oxygens (including phenoxy) is 1. The summed E-state index contributed by atoms with van der Waals surface area (Å²) < 4.78 is 5.01. The molecule has 1 aliphatic rings. The zero-order valence-electron chi connectivity index (χ0n) is 9.52. The summed E-state index contributed by atoms with van der Waals surface area (Å²) >= 11 is 0. The molecule has 1 fully saturated rings. The second kappa shape index (κ2) is 5.59. The van der Waals surface area contributed by atoms with Gasteiger partial charge in [0.25, 0.3) is 0 Å². The maximum absolute atomic E-state index is 11.7. The van der Waals surface area contributed by atoms with Crippen LogP contribution in [0, 0.1) is 5.92 Å². The minimum Gasteiger partial charge on any atom is -0.457 e. The molecular weight excluding hydrogens is 218 g/mol. The van der Waals surface area contributed by atoms with E-state index in [1.54, 1.807) is 24.3 Å². The van der Waals surface area contributed by atoms with E-state index < -0.39 is 0 Å². The number of Topliss-reactive ketones (excluding diaryl/α,β-unsaturated/α-hetero) is 1. The van der Waals surface area contributed by atoms with E-state index in [4.69, 9.17) is 4.74 Å². The topological polar surface area (TPSA) is 55.4 Å². The third-order valence-corrected chi connectivity index (χ3v) is 2.83. The molecule has 1 N–H and O–H groups in total. The molecule has 1 unspecified atom stereocenters. The van der Waals surface area contributed by atoms with Crippen LogP contribution in [0.25, 0.3) is 0 Å². The van der Waals surface area contributed by atoms with E-state index in [9.17, 15) is 9.59 Å². The lowest BCUT2D eigenvalue weighted by Crippen LogP contribution is -2.23. The lowest BCUT2D eigenvalue weighted by atomic mass is 10.1. The molecule has 1 aromatic rings. The van der Waals surface area contributed by atoms with Gasteiger partial charge >= 0.3 is 5.97 Å². The molecule has 0 amide bonds. The van der Waals surface area contributed by atoms with Crippen LogP contribution in [0.4, 0.5) is 0 Å². The summed E-state index contributed by atoms with van der Waals surface area (Å²) in [4.78, 5) is 23.2. The number of ketones is 1. The first kappa shape index (κ1) is 11.8. The van der Waals surface area contributed by atoms with Crippen molar-refractivity contribution in [3.8, 4) is 0 Å². The highest BCUT2D eigenvalue weighted by atomic mass is 16.5. The predicted octanol–water partition coefficient (Wildman–Crippen LogP) is 1.02. The Morgan fingerprint density at radius 1 is 1.29 bits per heavy atom. The van der Waals surface area contributed by atoms with Gasteiger partial charge in [-0.2, -0.15) is 0 Å². The van der Waals surface area contributed by atoms with Crippen molar-refractivity contribution in [2.75, 3.05) is 19.7 Å². The minimum atomic E-state index is -0.278. The first-order chi connectivity index (χ1) is 8.27. The number of esters is 1. The summed E-state index contributed by atoms with van der Waals surface area (Å²) in [6.07, 6.45) is 0.790. The molecule has 0 spiro atoms. The van der Waals surface area contributed by atoms with Crippen LogP contribution in [0.1, 0.15) is 16.8 Å². The molecule has 1 atom stereocenters. The fraction of sp³-hybridized carbons (Fsp3) is 0.385. The van der Waals surface area contributed by atoms with Gasteiger partial charge in [-0.25, -0.2) is 0 Å². The Morgan fingerprint density at radius 3 is 2.71 bits per heavy atom. The summed E-state index contributed by atoms with van der Waals surface area (Å²) in [5.74, 6) is -0.539. The molecule has 0 radical (unpaired) electrons. The number of rotatable bonds is 4. The van der Waals surface area contributed by atoms with Gasteiger partial charge in [0.1, 0.15) is 0 Å². The van der Waals surface area contributed by atoms with Crippen LogP contribution in [-0.4, -0.2) is 31.4 Å². The fourth-order valence-electron chi connectivity index (χ4n) is 1.82. The number of benzene rings is 1. The molecule has 0 saturated carbocycles. The molecule has 0 aromatic heterocycles. The molecule has 4 nitrogen and oxygen atoms in total. The maximum Gasteiger partial charge on any atom is 0.310 e. The molecular formula is C13H15NO3. The normalized spacial score (nSPS) is 18.9. The Balaban J connectivity index is 1.82. The van der Waals surface area contributed by atoms with Gasteiger partial charge in [-0.1, -0.05) is 30.3 Å². The van der Waals surface area contributed by atoms with Gasteiger partial charge in [0.15, 0.2) is 12.4 Å². The van der Waals surface area contributed by atoms with Gasteiger partial charge in [-0.3, -0.25) is 9.59 Å². The maximum atomic E-state index is 11.7. The Labute approximate surface area is 100.0 Å². The molecule has 1 aliphatic heterocycles. The highest BCUT2D eigenvalue weighted by molar-refractivity contribution is 5.97. The van der Waals surface area contributed by atoms with Crippen LogP contribution >= 0.6 is 0 Å². The zero-order chi connectivity index (χ0) is 12.1. The first-order valence-electron chi connectivity index (χ1n) is 5.73. The molecule has 1 heterocycles. The standard InChI is InChI=1S/C13H15NO3/c15-12(10-4-2-1-3-5-10)9-17-13(16)11-6-7-14-8-11/h1-5,11,14H,6-9H2. The SMILES string of the molecule is O=C(COC(=O)C1CCNC1)c1ccccc1. The van der Waals surface area contributed by atoms with Crippen LogP contribution in [0.5, 0.6) is 0 Å². The highest BCUT2D eigenvalue weighted by Crippen LogP contribution is 2.10. The lowest BCUT2D eigenvalue weighted by molar-refractivity contribution is -0.146. The number of hydrogen-bond donors (Lipinski definition) is 1.